The van der Waals surface area contributed by atoms with Crippen molar-refractivity contribution < 1.29 is 9.47 Å². The zero-order chi connectivity index (χ0) is 16.8. The number of hydrazone groups is 1. The SMILES string of the molecule is COc1cccc(C=NNc2nc(=O)[nH]nc2C)c1OC(C)C. The Hall–Kier alpha value is -2.90. The Morgan fingerprint density at radius 3 is 2.87 bits per heavy atom. The van der Waals surface area contributed by atoms with Gasteiger partial charge in [0.1, 0.15) is 5.69 Å². The summed E-state index contributed by atoms with van der Waals surface area (Å²) in [5, 5.41) is 10.1. The number of ether oxygens (including phenoxy) is 2. The Balaban J connectivity index is 2.25. The van der Waals surface area contributed by atoms with Crippen LogP contribution in [0.4, 0.5) is 5.82 Å². The zero-order valence-corrected chi connectivity index (χ0v) is 13.5. The maximum Gasteiger partial charge on any atom is 0.363 e. The second-order valence-corrected chi connectivity index (χ2v) is 4.99. The van der Waals surface area contributed by atoms with Crippen LogP contribution in [0, 0.1) is 6.92 Å². The van der Waals surface area contributed by atoms with Crippen molar-refractivity contribution in [2.75, 3.05) is 12.5 Å². The van der Waals surface area contributed by atoms with Crippen LogP contribution in [0.1, 0.15) is 25.1 Å². The van der Waals surface area contributed by atoms with Crippen LogP contribution < -0.4 is 20.6 Å². The molecule has 2 aromatic rings. The molecule has 0 aliphatic rings. The van der Waals surface area contributed by atoms with Crippen LogP contribution in [0.2, 0.25) is 0 Å². The molecule has 0 saturated carbocycles. The van der Waals surface area contributed by atoms with E-state index in [1.165, 1.54) is 0 Å². The molecule has 8 nitrogen and oxygen atoms in total. The van der Waals surface area contributed by atoms with Gasteiger partial charge >= 0.3 is 5.69 Å². The topological polar surface area (TPSA) is 101 Å². The van der Waals surface area contributed by atoms with Gasteiger partial charge in [0.2, 0.25) is 0 Å². The van der Waals surface area contributed by atoms with Gasteiger partial charge in [0.05, 0.1) is 19.4 Å². The van der Waals surface area contributed by atoms with Crippen molar-refractivity contribution in [3.05, 3.63) is 39.9 Å². The van der Waals surface area contributed by atoms with Crippen LogP contribution in [0.5, 0.6) is 11.5 Å². The molecule has 1 heterocycles. The number of para-hydroxylation sites is 1. The molecular weight excluding hydrogens is 298 g/mol. The molecule has 1 aromatic carbocycles. The largest absolute Gasteiger partial charge is 0.493 e. The monoisotopic (exact) mass is 317 g/mol. The van der Waals surface area contributed by atoms with Gasteiger partial charge in [-0.3, -0.25) is 5.43 Å². The summed E-state index contributed by atoms with van der Waals surface area (Å²) in [5.74, 6) is 1.51. The fraction of sp³-hybridized carbons (Fsp3) is 0.333. The normalized spacial score (nSPS) is 11.0. The van der Waals surface area contributed by atoms with Gasteiger partial charge in [0.15, 0.2) is 17.3 Å². The number of H-pyrrole nitrogens is 1. The second-order valence-electron chi connectivity index (χ2n) is 4.99. The third kappa shape index (κ3) is 4.29. The van der Waals surface area contributed by atoms with E-state index in [2.05, 4.69) is 25.7 Å². The first-order valence-corrected chi connectivity index (χ1v) is 7.07. The molecule has 0 aliphatic heterocycles. The molecule has 0 unspecified atom stereocenters. The van der Waals surface area contributed by atoms with E-state index in [-0.39, 0.29) is 6.10 Å². The van der Waals surface area contributed by atoms with Gasteiger partial charge in [0.25, 0.3) is 0 Å². The molecule has 0 fully saturated rings. The van der Waals surface area contributed by atoms with Gasteiger partial charge in [-0.15, -0.1) is 0 Å². The number of aryl methyl sites for hydroxylation is 1. The number of nitrogens with zero attached hydrogens (tertiary/aromatic N) is 3. The van der Waals surface area contributed by atoms with Crippen LogP contribution in [-0.2, 0) is 0 Å². The van der Waals surface area contributed by atoms with Crippen molar-refractivity contribution in [2.24, 2.45) is 5.10 Å². The molecule has 0 amide bonds. The van der Waals surface area contributed by atoms with E-state index >= 15 is 0 Å². The molecule has 0 atom stereocenters. The summed E-state index contributed by atoms with van der Waals surface area (Å²) in [6.07, 6.45) is 1.56. The van der Waals surface area contributed by atoms with Gasteiger partial charge in [-0.05, 0) is 32.9 Å². The Kier molecular flexibility index (Phi) is 5.29. The second kappa shape index (κ2) is 7.39. The number of aromatic amines is 1. The number of aromatic nitrogens is 3. The predicted molar refractivity (Wildman–Crippen MR) is 87.4 cm³/mol. The maximum absolute atomic E-state index is 11.2. The number of benzene rings is 1. The Morgan fingerprint density at radius 1 is 1.39 bits per heavy atom. The average molecular weight is 317 g/mol. The van der Waals surface area contributed by atoms with E-state index in [0.29, 0.717) is 23.0 Å². The minimum absolute atomic E-state index is 0.00722. The van der Waals surface area contributed by atoms with Crippen LogP contribution in [0.3, 0.4) is 0 Å². The van der Waals surface area contributed by atoms with Crippen molar-refractivity contribution in [1.29, 1.82) is 0 Å². The van der Waals surface area contributed by atoms with E-state index in [1.54, 1.807) is 20.2 Å². The lowest BCUT2D eigenvalue weighted by Gasteiger charge is -2.15. The average Bonchev–Trinajstić information content (AvgIpc) is 2.51. The van der Waals surface area contributed by atoms with E-state index in [0.717, 1.165) is 5.56 Å². The molecular formula is C15H19N5O3. The lowest BCUT2D eigenvalue weighted by molar-refractivity contribution is 0.230. The highest BCUT2D eigenvalue weighted by Gasteiger charge is 2.11. The highest BCUT2D eigenvalue weighted by Crippen LogP contribution is 2.30. The van der Waals surface area contributed by atoms with E-state index in [1.807, 2.05) is 32.0 Å². The summed E-state index contributed by atoms with van der Waals surface area (Å²) in [6, 6.07) is 5.50. The minimum atomic E-state index is -0.543. The predicted octanol–water partition coefficient (Wildman–Crippen LogP) is 1.72. The summed E-state index contributed by atoms with van der Waals surface area (Å²) < 4.78 is 11.1. The van der Waals surface area contributed by atoms with Crippen molar-refractivity contribution >= 4 is 12.0 Å². The Labute approximate surface area is 133 Å². The van der Waals surface area contributed by atoms with Gasteiger partial charge in [0, 0.05) is 5.56 Å². The van der Waals surface area contributed by atoms with E-state index in [9.17, 15) is 4.79 Å². The summed E-state index contributed by atoms with van der Waals surface area (Å²) in [5.41, 5.74) is 3.43. The highest BCUT2D eigenvalue weighted by atomic mass is 16.5. The van der Waals surface area contributed by atoms with Crippen LogP contribution in [0.15, 0.2) is 28.1 Å². The Morgan fingerprint density at radius 2 is 2.17 bits per heavy atom. The van der Waals surface area contributed by atoms with Gasteiger partial charge < -0.3 is 9.47 Å². The Bertz CT molecular complexity index is 755. The van der Waals surface area contributed by atoms with Crippen molar-refractivity contribution in [3.63, 3.8) is 0 Å². The van der Waals surface area contributed by atoms with E-state index < -0.39 is 5.69 Å². The molecule has 0 saturated heterocycles. The number of hydrogen-bond acceptors (Lipinski definition) is 7. The quantitative estimate of drug-likeness (QED) is 0.621. The third-order valence-electron chi connectivity index (χ3n) is 2.83. The van der Waals surface area contributed by atoms with Crippen LogP contribution in [0.25, 0.3) is 0 Å². The number of rotatable bonds is 6. The summed E-state index contributed by atoms with van der Waals surface area (Å²) >= 11 is 0. The molecule has 0 aliphatic carbocycles. The number of hydrogen-bond donors (Lipinski definition) is 2. The number of methoxy groups -OCH3 is 1. The van der Waals surface area contributed by atoms with Gasteiger partial charge in [-0.25, -0.2) is 9.89 Å². The standard InChI is InChI=1S/C15H19N5O3/c1-9(2)23-13-11(6-5-7-12(13)22-4)8-16-19-14-10(3)18-20-15(21)17-14/h5-9H,1-4H3,(H2,17,19,20,21). The summed E-state index contributed by atoms with van der Waals surface area (Å²) in [4.78, 5) is 14.9. The van der Waals surface area contributed by atoms with Gasteiger partial charge in [-0.1, -0.05) is 6.07 Å². The fourth-order valence-corrected chi connectivity index (χ4v) is 1.82. The molecule has 1 aromatic heterocycles. The first-order valence-electron chi connectivity index (χ1n) is 7.07. The summed E-state index contributed by atoms with van der Waals surface area (Å²) in [6.45, 7) is 5.57. The molecule has 0 bridgehead atoms. The third-order valence-corrected chi connectivity index (χ3v) is 2.83. The smallest absolute Gasteiger partial charge is 0.363 e. The highest BCUT2D eigenvalue weighted by molar-refractivity contribution is 5.85. The first-order chi connectivity index (χ1) is 11.0. The van der Waals surface area contributed by atoms with Crippen molar-refractivity contribution in [1.82, 2.24) is 15.2 Å². The number of nitrogens with one attached hydrogen (secondary N) is 2. The van der Waals surface area contributed by atoms with Gasteiger partial charge in [-0.2, -0.15) is 15.2 Å². The molecule has 23 heavy (non-hydrogen) atoms. The lowest BCUT2D eigenvalue weighted by Crippen LogP contribution is -2.15. The molecule has 2 rings (SSSR count). The molecule has 0 spiro atoms. The van der Waals surface area contributed by atoms with Crippen molar-refractivity contribution in [3.8, 4) is 11.5 Å². The minimum Gasteiger partial charge on any atom is -0.493 e. The lowest BCUT2D eigenvalue weighted by atomic mass is 10.2. The zero-order valence-electron chi connectivity index (χ0n) is 13.5. The van der Waals surface area contributed by atoms with Crippen LogP contribution in [-0.4, -0.2) is 34.6 Å². The van der Waals surface area contributed by atoms with Crippen molar-refractivity contribution in [2.45, 2.75) is 26.9 Å². The molecule has 122 valence electrons. The number of anilines is 1. The molecule has 8 heteroatoms. The summed E-state index contributed by atoms with van der Waals surface area (Å²) in [7, 11) is 1.58. The molecule has 2 N–H and O–H groups in total. The fourth-order valence-electron chi connectivity index (χ4n) is 1.82. The maximum atomic E-state index is 11.2. The molecule has 0 radical (unpaired) electrons. The van der Waals surface area contributed by atoms with E-state index in [4.69, 9.17) is 9.47 Å². The van der Waals surface area contributed by atoms with Crippen LogP contribution >= 0.6 is 0 Å². The first kappa shape index (κ1) is 16.5.